The molecule has 1 heterocycles. The van der Waals surface area contributed by atoms with Gasteiger partial charge in [0, 0.05) is 19.1 Å². The number of nitrogens with zero attached hydrogens (tertiary/aromatic N) is 1. The quantitative estimate of drug-likeness (QED) is 0.840. The molecule has 0 saturated carbocycles. The van der Waals surface area contributed by atoms with Crippen molar-refractivity contribution in [2.45, 2.75) is 40.2 Å². The molecule has 2 nitrogen and oxygen atoms in total. The van der Waals surface area contributed by atoms with Crippen molar-refractivity contribution >= 4 is 17.3 Å². The summed E-state index contributed by atoms with van der Waals surface area (Å²) in [5.41, 5.74) is 2.74. The van der Waals surface area contributed by atoms with Gasteiger partial charge in [-0.1, -0.05) is 44.5 Å². The van der Waals surface area contributed by atoms with Crippen LogP contribution in [0.3, 0.4) is 0 Å². The van der Waals surface area contributed by atoms with Gasteiger partial charge >= 0.3 is 0 Å². The molecule has 0 aromatic heterocycles. The minimum atomic E-state index is 0.262. The van der Waals surface area contributed by atoms with Crippen LogP contribution in [0.25, 0.3) is 0 Å². The van der Waals surface area contributed by atoms with E-state index in [1.807, 2.05) is 12.1 Å². The minimum absolute atomic E-state index is 0.262. The van der Waals surface area contributed by atoms with Crippen LogP contribution >= 0.6 is 11.6 Å². The Morgan fingerprint density at radius 2 is 2.05 bits per heavy atom. The third-order valence-corrected chi connectivity index (χ3v) is 4.25. The summed E-state index contributed by atoms with van der Waals surface area (Å²) in [6.07, 6.45) is 1.16. The molecular formula is C16H25ClN2. The maximum Gasteiger partial charge on any atom is 0.0642 e. The van der Waals surface area contributed by atoms with Gasteiger partial charge in [0.05, 0.1) is 10.7 Å². The molecule has 1 aromatic rings. The van der Waals surface area contributed by atoms with E-state index in [9.17, 15) is 0 Å². The number of aryl methyl sites for hydroxylation is 1. The number of hydrogen-bond acceptors (Lipinski definition) is 2. The van der Waals surface area contributed by atoms with E-state index in [2.05, 4.69) is 44.0 Å². The summed E-state index contributed by atoms with van der Waals surface area (Å²) in [5, 5.41) is 4.55. The zero-order valence-electron chi connectivity index (χ0n) is 12.5. The van der Waals surface area contributed by atoms with Crippen molar-refractivity contribution in [1.29, 1.82) is 0 Å². The van der Waals surface area contributed by atoms with Gasteiger partial charge in [-0.3, -0.25) is 0 Å². The van der Waals surface area contributed by atoms with Gasteiger partial charge in [-0.25, -0.2) is 0 Å². The van der Waals surface area contributed by atoms with E-state index in [0.717, 1.165) is 31.1 Å². The van der Waals surface area contributed by atoms with E-state index in [-0.39, 0.29) is 5.41 Å². The van der Waals surface area contributed by atoms with Crippen LogP contribution in [0.5, 0.6) is 0 Å². The fourth-order valence-electron chi connectivity index (χ4n) is 2.73. The zero-order chi connectivity index (χ0) is 14.0. The van der Waals surface area contributed by atoms with E-state index in [0.29, 0.717) is 6.04 Å². The molecule has 0 amide bonds. The van der Waals surface area contributed by atoms with E-state index in [1.165, 1.54) is 11.3 Å². The van der Waals surface area contributed by atoms with E-state index in [1.54, 1.807) is 0 Å². The normalized spacial score (nSPS) is 21.3. The highest BCUT2D eigenvalue weighted by Gasteiger charge is 2.29. The predicted octanol–water partition coefficient (Wildman–Crippen LogP) is 3.86. The van der Waals surface area contributed by atoms with Crippen LogP contribution in [0.1, 0.15) is 32.8 Å². The van der Waals surface area contributed by atoms with Crippen molar-refractivity contribution < 1.29 is 0 Å². The second-order valence-electron chi connectivity index (χ2n) is 6.58. The van der Waals surface area contributed by atoms with Crippen molar-refractivity contribution in [2.75, 3.05) is 24.5 Å². The van der Waals surface area contributed by atoms with Gasteiger partial charge in [-0.05, 0) is 36.9 Å². The fourth-order valence-corrected chi connectivity index (χ4v) is 3.07. The van der Waals surface area contributed by atoms with Crippen LogP contribution in [0.15, 0.2) is 18.2 Å². The summed E-state index contributed by atoms with van der Waals surface area (Å²) in [6, 6.07) is 6.66. The molecule has 1 fully saturated rings. The van der Waals surface area contributed by atoms with Crippen molar-refractivity contribution in [3.8, 4) is 0 Å². The Hall–Kier alpha value is -0.730. The number of benzene rings is 1. The molecule has 3 heteroatoms. The summed E-state index contributed by atoms with van der Waals surface area (Å²) in [7, 11) is 0. The Bertz CT molecular complexity index is 417. The Morgan fingerprint density at radius 3 is 2.68 bits per heavy atom. The second-order valence-corrected chi connectivity index (χ2v) is 6.98. The topological polar surface area (TPSA) is 15.3 Å². The standard InChI is InChI=1S/C16H25ClN2/c1-12-7-5-8-13(17)15(12)19-10-6-9-18-14(11-19)16(2,3)4/h5,7-8,14,18H,6,9-11H2,1-4H3. The van der Waals surface area contributed by atoms with Crippen LogP contribution in [-0.4, -0.2) is 25.7 Å². The van der Waals surface area contributed by atoms with Gasteiger partial charge in [-0.2, -0.15) is 0 Å². The van der Waals surface area contributed by atoms with Crippen molar-refractivity contribution in [1.82, 2.24) is 5.32 Å². The van der Waals surface area contributed by atoms with Crippen LogP contribution in [0, 0.1) is 12.3 Å². The lowest BCUT2D eigenvalue weighted by molar-refractivity contribution is 0.280. The fraction of sp³-hybridized carbons (Fsp3) is 0.625. The van der Waals surface area contributed by atoms with Gasteiger partial charge in [-0.15, -0.1) is 0 Å². The largest absolute Gasteiger partial charge is 0.368 e. The van der Waals surface area contributed by atoms with Crippen molar-refractivity contribution in [3.05, 3.63) is 28.8 Å². The van der Waals surface area contributed by atoms with Crippen molar-refractivity contribution in [2.24, 2.45) is 5.41 Å². The first-order valence-electron chi connectivity index (χ1n) is 7.13. The average molecular weight is 281 g/mol. The molecule has 1 saturated heterocycles. The predicted molar refractivity (Wildman–Crippen MR) is 84.3 cm³/mol. The second kappa shape index (κ2) is 5.72. The maximum atomic E-state index is 6.42. The summed E-state index contributed by atoms with van der Waals surface area (Å²) < 4.78 is 0. The van der Waals surface area contributed by atoms with Crippen LogP contribution < -0.4 is 10.2 Å². The maximum absolute atomic E-state index is 6.42. The molecule has 0 radical (unpaired) electrons. The van der Waals surface area contributed by atoms with Crippen LogP contribution in [-0.2, 0) is 0 Å². The Balaban J connectivity index is 2.28. The molecule has 0 bridgehead atoms. The third kappa shape index (κ3) is 3.43. The zero-order valence-corrected chi connectivity index (χ0v) is 13.2. The third-order valence-electron chi connectivity index (χ3n) is 3.95. The lowest BCUT2D eigenvalue weighted by atomic mass is 9.86. The van der Waals surface area contributed by atoms with Gasteiger partial charge in [0.2, 0.25) is 0 Å². The molecule has 1 unspecified atom stereocenters. The van der Waals surface area contributed by atoms with Gasteiger partial charge < -0.3 is 10.2 Å². The van der Waals surface area contributed by atoms with E-state index in [4.69, 9.17) is 11.6 Å². The number of halogens is 1. The molecule has 1 aliphatic heterocycles. The summed E-state index contributed by atoms with van der Waals surface area (Å²) in [5.74, 6) is 0. The smallest absolute Gasteiger partial charge is 0.0642 e. The Kier molecular flexibility index (Phi) is 4.42. The summed E-state index contributed by atoms with van der Waals surface area (Å²) >= 11 is 6.42. The Labute approximate surface area is 122 Å². The van der Waals surface area contributed by atoms with E-state index >= 15 is 0 Å². The number of hydrogen-bond donors (Lipinski definition) is 1. The number of nitrogens with one attached hydrogen (secondary N) is 1. The van der Waals surface area contributed by atoms with Gasteiger partial charge in [0.25, 0.3) is 0 Å². The lowest BCUT2D eigenvalue weighted by Crippen LogP contribution is -2.46. The highest BCUT2D eigenvalue weighted by Crippen LogP contribution is 2.32. The van der Waals surface area contributed by atoms with Crippen LogP contribution in [0.2, 0.25) is 5.02 Å². The summed E-state index contributed by atoms with van der Waals surface area (Å²) in [4.78, 5) is 2.45. The molecule has 2 rings (SSSR count). The number of anilines is 1. The van der Waals surface area contributed by atoms with Crippen LogP contribution in [0.4, 0.5) is 5.69 Å². The molecule has 0 spiro atoms. The first kappa shape index (κ1) is 14.7. The number of para-hydroxylation sites is 1. The average Bonchev–Trinajstić information content (AvgIpc) is 2.54. The van der Waals surface area contributed by atoms with Crippen molar-refractivity contribution in [3.63, 3.8) is 0 Å². The van der Waals surface area contributed by atoms with E-state index < -0.39 is 0 Å². The number of rotatable bonds is 1. The molecule has 1 N–H and O–H groups in total. The van der Waals surface area contributed by atoms with Gasteiger partial charge in [0.1, 0.15) is 0 Å². The molecule has 0 aliphatic carbocycles. The Morgan fingerprint density at radius 1 is 1.32 bits per heavy atom. The summed E-state index contributed by atoms with van der Waals surface area (Å²) in [6.45, 7) is 12.2. The molecule has 19 heavy (non-hydrogen) atoms. The molecule has 1 atom stereocenters. The molecule has 106 valence electrons. The molecule has 1 aromatic carbocycles. The van der Waals surface area contributed by atoms with Gasteiger partial charge in [0.15, 0.2) is 0 Å². The highest BCUT2D eigenvalue weighted by molar-refractivity contribution is 6.33. The lowest BCUT2D eigenvalue weighted by Gasteiger charge is -2.35. The monoisotopic (exact) mass is 280 g/mol. The molecule has 1 aliphatic rings. The SMILES string of the molecule is Cc1cccc(Cl)c1N1CCCNC(C(C)(C)C)C1. The highest BCUT2D eigenvalue weighted by atomic mass is 35.5. The minimum Gasteiger partial charge on any atom is -0.368 e. The first-order valence-corrected chi connectivity index (χ1v) is 7.51. The first-order chi connectivity index (χ1) is 8.89. The molecular weight excluding hydrogens is 256 g/mol.